The minimum atomic E-state index is -0.483. The number of carbonyl (C=O) groups is 1. The molecule has 0 aliphatic carbocycles. The minimum absolute atomic E-state index is 0.431. The lowest BCUT2D eigenvalue weighted by Gasteiger charge is -2.02. The topological polar surface area (TPSA) is 84.7 Å². The Morgan fingerprint density at radius 3 is 2.70 bits per heavy atom. The number of nitrogens with one attached hydrogen (secondary N) is 1. The Morgan fingerprint density at radius 1 is 1.15 bits per heavy atom. The van der Waals surface area contributed by atoms with Gasteiger partial charge in [0.2, 0.25) is 5.91 Å². The number of aromatic nitrogens is 3. The van der Waals surface area contributed by atoms with Crippen LogP contribution in [0.4, 0.5) is 0 Å². The van der Waals surface area contributed by atoms with Crippen molar-refractivity contribution in [1.82, 2.24) is 15.2 Å². The molecule has 0 saturated carbocycles. The molecule has 0 saturated heterocycles. The summed E-state index contributed by atoms with van der Waals surface area (Å²) in [4.78, 5) is 15.8. The van der Waals surface area contributed by atoms with Crippen LogP contribution in [0.2, 0.25) is 0 Å². The lowest BCUT2D eigenvalue weighted by atomic mass is 10.0. The van der Waals surface area contributed by atoms with E-state index < -0.39 is 5.91 Å². The first-order valence-corrected chi connectivity index (χ1v) is 6.12. The van der Waals surface area contributed by atoms with Crippen molar-refractivity contribution in [2.75, 3.05) is 0 Å². The van der Waals surface area contributed by atoms with Crippen LogP contribution in [0.1, 0.15) is 11.3 Å². The smallest absolute Gasteiger partial charge is 0.249 e. The average molecular weight is 264 g/mol. The first-order valence-electron chi connectivity index (χ1n) is 6.12. The fraction of sp³-hybridized carbons (Fsp3) is 0. The third-order valence-corrected chi connectivity index (χ3v) is 3.00. The van der Waals surface area contributed by atoms with E-state index in [4.69, 9.17) is 5.73 Å². The van der Waals surface area contributed by atoms with Gasteiger partial charge in [-0.05, 0) is 23.8 Å². The van der Waals surface area contributed by atoms with E-state index in [9.17, 15) is 4.79 Å². The number of benzene rings is 1. The molecule has 0 radical (unpaired) electrons. The summed E-state index contributed by atoms with van der Waals surface area (Å²) in [5.41, 5.74) is 7.99. The van der Waals surface area contributed by atoms with Crippen molar-refractivity contribution in [3.8, 4) is 0 Å². The number of H-pyrrole nitrogens is 1. The van der Waals surface area contributed by atoms with Gasteiger partial charge >= 0.3 is 0 Å². The van der Waals surface area contributed by atoms with Crippen LogP contribution in [0.15, 0.2) is 48.7 Å². The van der Waals surface area contributed by atoms with Crippen LogP contribution >= 0.6 is 0 Å². The standard InChI is InChI=1S/C15H12N4O/c16-14(20)12(10-5-2-1-3-6-10)9-13-11-7-4-8-17-15(11)19-18-13/h1-9H,(H2,16,20)(H,17,18,19)/b12-9+. The number of carbonyl (C=O) groups excluding carboxylic acids is 1. The van der Waals surface area contributed by atoms with Crippen molar-refractivity contribution in [2.24, 2.45) is 5.73 Å². The Labute approximate surface area is 115 Å². The molecule has 98 valence electrons. The lowest BCUT2D eigenvalue weighted by molar-refractivity contribution is -0.112. The maximum atomic E-state index is 11.7. The molecule has 0 bridgehead atoms. The molecule has 20 heavy (non-hydrogen) atoms. The number of rotatable bonds is 3. The SMILES string of the molecule is NC(=O)/C(=C/c1[nH]nc2ncccc12)c1ccccc1. The molecule has 0 fully saturated rings. The number of pyridine rings is 1. The second kappa shape index (κ2) is 4.97. The Hall–Kier alpha value is -2.95. The Bertz CT molecular complexity index is 790. The molecule has 5 nitrogen and oxygen atoms in total. The van der Waals surface area contributed by atoms with E-state index in [1.165, 1.54) is 0 Å². The van der Waals surface area contributed by atoms with Gasteiger partial charge in [-0.2, -0.15) is 5.10 Å². The highest BCUT2D eigenvalue weighted by Gasteiger charge is 2.10. The number of fused-ring (bicyclic) bond motifs is 1. The minimum Gasteiger partial charge on any atom is -0.366 e. The highest BCUT2D eigenvalue weighted by molar-refractivity contribution is 6.24. The van der Waals surface area contributed by atoms with Crippen molar-refractivity contribution >= 4 is 28.6 Å². The highest BCUT2D eigenvalue weighted by atomic mass is 16.1. The van der Waals surface area contributed by atoms with Gasteiger partial charge in [0.1, 0.15) is 0 Å². The zero-order chi connectivity index (χ0) is 13.9. The lowest BCUT2D eigenvalue weighted by Crippen LogP contribution is -2.12. The molecule has 2 heterocycles. The van der Waals surface area contributed by atoms with Crippen molar-refractivity contribution in [3.05, 3.63) is 59.9 Å². The quantitative estimate of drug-likeness (QED) is 0.709. The van der Waals surface area contributed by atoms with E-state index in [2.05, 4.69) is 15.2 Å². The van der Waals surface area contributed by atoms with E-state index in [0.717, 1.165) is 10.9 Å². The third kappa shape index (κ3) is 2.16. The van der Waals surface area contributed by atoms with E-state index in [-0.39, 0.29) is 0 Å². The summed E-state index contributed by atoms with van der Waals surface area (Å²) >= 11 is 0. The fourth-order valence-electron chi connectivity index (χ4n) is 2.04. The molecule has 3 aromatic rings. The predicted molar refractivity (Wildman–Crippen MR) is 77.4 cm³/mol. The number of nitrogens with zero attached hydrogens (tertiary/aromatic N) is 2. The maximum absolute atomic E-state index is 11.7. The molecule has 0 atom stereocenters. The molecular weight excluding hydrogens is 252 g/mol. The maximum Gasteiger partial charge on any atom is 0.249 e. The Morgan fingerprint density at radius 2 is 1.95 bits per heavy atom. The largest absolute Gasteiger partial charge is 0.366 e. The fourth-order valence-corrected chi connectivity index (χ4v) is 2.04. The molecule has 2 aromatic heterocycles. The van der Waals surface area contributed by atoms with E-state index in [1.807, 2.05) is 42.5 Å². The normalized spacial score (nSPS) is 11.7. The molecule has 0 aliphatic rings. The summed E-state index contributed by atoms with van der Waals surface area (Å²) in [6.45, 7) is 0. The molecule has 0 unspecified atom stereocenters. The van der Waals surface area contributed by atoms with Gasteiger partial charge in [-0.1, -0.05) is 30.3 Å². The van der Waals surface area contributed by atoms with Gasteiger partial charge in [-0.15, -0.1) is 0 Å². The first-order chi connectivity index (χ1) is 9.75. The molecule has 0 spiro atoms. The predicted octanol–water partition coefficient (Wildman–Crippen LogP) is 1.98. The zero-order valence-electron chi connectivity index (χ0n) is 10.6. The van der Waals surface area contributed by atoms with Crippen molar-refractivity contribution in [1.29, 1.82) is 0 Å². The molecule has 1 amide bonds. The van der Waals surface area contributed by atoms with Crippen LogP contribution in [0.5, 0.6) is 0 Å². The molecule has 3 rings (SSSR count). The molecule has 5 heteroatoms. The van der Waals surface area contributed by atoms with Gasteiger partial charge in [0.25, 0.3) is 0 Å². The monoisotopic (exact) mass is 264 g/mol. The Balaban J connectivity index is 2.15. The van der Waals surface area contributed by atoms with Gasteiger partial charge in [-0.25, -0.2) is 4.98 Å². The van der Waals surface area contributed by atoms with Gasteiger partial charge in [-0.3, -0.25) is 9.89 Å². The van der Waals surface area contributed by atoms with Gasteiger partial charge in [0, 0.05) is 17.2 Å². The van der Waals surface area contributed by atoms with Crippen LogP contribution in [-0.4, -0.2) is 21.1 Å². The second-order valence-corrected chi connectivity index (χ2v) is 4.30. The first kappa shape index (κ1) is 12.1. The highest BCUT2D eigenvalue weighted by Crippen LogP contribution is 2.21. The summed E-state index contributed by atoms with van der Waals surface area (Å²) in [5, 5.41) is 7.81. The van der Waals surface area contributed by atoms with Gasteiger partial charge < -0.3 is 5.73 Å². The van der Waals surface area contributed by atoms with Crippen LogP contribution in [0.25, 0.3) is 22.7 Å². The summed E-state index contributed by atoms with van der Waals surface area (Å²) < 4.78 is 0. The van der Waals surface area contributed by atoms with Gasteiger partial charge in [0.15, 0.2) is 5.65 Å². The van der Waals surface area contributed by atoms with Crippen LogP contribution in [0, 0.1) is 0 Å². The van der Waals surface area contributed by atoms with E-state index >= 15 is 0 Å². The zero-order valence-corrected chi connectivity index (χ0v) is 10.6. The summed E-state index contributed by atoms with van der Waals surface area (Å²) in [6.07, 6.45) is 3.37. The number of nitrogens with two attached hydrogens (primary N) is 1. The summed E-state index contributed by atoms with van der Waals surface area (Å²) in [5.74, 6) is -0.483. The van der Waals surface area contributed by atoms with Crippen LogP contribution in [-0.2, 0) is 4.79 Å². The van der Waals surface area contributed by atoms with E-state index in [1.54, 1.807) is 12.3 Å². The number of hydrogen-bond donors (Lipinski definition) is 2. The average Bonchev–Trinajstić information content (AvgIpc) is 2.88. The number of primary amides is 1. The molecule has 0 aliphatic heterocycles. The molecule has 3 N–H and O–H groups in total. The van der Waals surface area contributed by atoms with Gasteiger partial charge in [0.05, 0.1) is 5.69 Å². The van der Waals surface area contributed by atoms with Crippen LogP contribution in [0.3, 0.4) is 0 Å². The Kier molecular flexibility index (Phi) is 3.01. The molecular formula is C15H12N4O. The molecule has 1 aromatic carbocycles. The van der Waals surface area contributed by atoms with Crippen molar-refractivity contribution in [2.45, 2.75) is 0 Å². The van der Waals surface area contributed by atoms with Crippen LogP contribution < -0.4 is 5.73 Å². The summed E-state index contributed by atoms with van der Waals surface area (Å²) in [7, 11) is 0. The second-order valence-electron chi connectivity index (χ2n) is 4.30. The van der Waals surface area contributed by atoms with Crippen molar-refractivity contribution in [3.63, 3.8) is 0 Å². The number of aromatic amines is 1. The third-order valence-electron chi connectivity index (χ3n) is 3.00. The van der Waals surface area contributed by atoms with E-state index in [0.29, 0.717) is 16.9 Å². The van der Waals surface area contributed by atoms with Crippen molar-refractivity contribution < 1.29 is 4.79 Å². The number of amides is 1. The number of hydrogen-bond acceptors (Lipinski definition) is 3. The summed E-state index contributed by atoms with van der Waals surface area (Å²) in [6, 6.07) is 13.0.